The highest BCUT2D eigenvalue weighted by molar-refractivity contribution is 5.77. The number of carboxylic acid groups (broad SMARTS) is 1. The molecule has 2 amide bonds. The summed E-state index contributed by atoms with van der Waals surface area (Å²) in [7, 11) is 0. The zero-order valence-electron chi connectivity index (χ0n) is 11.7. The SMILES string of the molecule is CCCN(CC1CC1)C(=O)NC1(CC(=O)O)CCC1. The van der Waals surface area contributed by atoms with E-state index in [1.54, 1.807) is 0 Å². The molecule has 2 saturated carbocycles. The van der Waals surface area contributed by atoms with Crippen LogP contribution < -0.4 is 5.32 Å². The van der Waals surface area contributed by atoms with Gasteiger partial charge in [-0.1, -0.05) is 6.92 Å². The van der Waals surface area contributed by atoms with Crippen molar-refractivity contribution in [3.8, 4) is 0 Å². The first-order chi connectivity index (χ1) is 9.04. The molecule has 2 aliphatic rings. The monoisotopic (exact) mass is 268 g/mol. The van der Waals surface area contributed by atoms with Crippen molar-refractivity contribution in [2.75, 3.05) is 13.1 Å². The van der Waals surface area contributed by atoms with Gasteiger partial charge in [0, 0.05) is 13.1 Å². The van der Waals surface area contributed by atoms with Crippen LogP contribution in [-0.4, -0.2) is 40.6 Å². The summed E-state index contributed by atoms with van der Waals surface area (Å²) in [5, 5.41) is 11.9. The van der Waals surface area contributed by atoms with E-state index in [0.29, 0.717) is 5.92 Å². The minimum Gasteiger partial charge on any atom is -0.481 e. The summed E-state index contributed by atoms with van der Waals surface area (Å²) in [6, 6.07) is -0.0744. The molecule has 0 heterocycles. The average Bonchev–Trinajstić information content (AvgIpc) is 3.08. The predicted octanol–water partition coefficient (Wildman–Crippen LogP) is 2.22. The van der Waals surface area contributed by atoms with Gasteiger partial charge in [0.25, 0.3) is 0 Å². The molecular formula is C14H24N2O3. The second-order valence-corrected chi connectivity index (χ2v) is 6.02. The molecule has 108 valence electrons. The normalized spacial score (nSPS) is 20.5. The van der Waals surface area contributed by atoms with Gasteiger partial charge >= 0.3 is 12.0 Å². The van der Waals surface area contributed by atoms with Crippen molar-refractivity contribution in [3.63, 3.8) is 0 Å². The average molecular weight is 268 g/mol. The summed E-state index contributed by atoms with van der Waals surface area (Å²) in [5.74, 6) is -0.168. The highest BCUT2D eigenvalue weighted by atomic mass is 16.4. The van der Waals surface area contributed by atoms with E-state index >= 15 is 0 Å². The summed E-state index contributed by atoms with van der Waals surface area (Å²) >= 11 is 0. The Hall–Kier alpha value is -1.26. The molecule has 5 nitrogen and oxygen atoms in total. The van der Waals surface area contributed by atoms with E-state index in [0.717, 1.165) is 38.8 Å². The van der Waals surface area contributed by atoms with E-state index in [1.165, 1.54) is 12.8 Å². The number of nitrogens with zero attached hydrogens (tertiary/aromatic N) is 1. The van der Waals surface area contributed by atoms with Crippen LogP contribution in [0.3, 0.4) is 0 Å². The van der Waals surface area contributed by atoms with Crippen LogP contribution in [0.25, 0.3) is 0 Å². The molecule has 0 aromatic rings. The number of nitrogens with one attached hydrogen (secondary N) is 1. The maximum atomic E-state index is 12.3. The number of hydrogen-bond donors (Lipinski definition) is 2. The Balaban J connectivity index is 1.90. The van der Waals surface area contributed by atoms with Crippen LogP contribution in [-0.2, 0) is 4.79 Å². The Morgan fingerprint density at radius 1 is 1.37 bits per heavy atom. The molecule has 0 radical (unpaired) electrons. The van der Waals surface area contributed by atoms with Crippen molar-refractivity contribution in [1.82, 2.24) is 10.2 Å². The van der Waals surface area contributed by atoms with Crippen molar-refractivity contribution < 1.29 is 14.7 Å². The lowest BCUT2D eigenvalue weighted by Crippen LogP contribution is -2.58. The van der Waals surface area contributed by atoms with Gasteiger partial charge in [-0.2, -0.15) is 0 Å². The fourth-order valence-corrected chi connectivity index (χ4v) is 2.70. The molecule has 2 fully saturated rings. The molecule has 2 N–H and O–H groups in total. The summed E-state index contributed by atoms with van der Waals surface area (Å²) in [6.07, 6.45) is 5.99. The molecule has 0 aromatic carbocycles. The molecule has 5 heteroatoms. The number of aliphatic carboxylic acids is 1. The van der Waals surface area contributed by atoms with Crippen molar-refractivity contribution >= 4 is 12.0 Å². The Bertz CT molecular complexity index is 349. The van der Waals surface area contributed by atoms with Gasteiger partial charge < -0.3 is 15.3 Å². The van der Waals surface area contributed by atoms with E-state index in [4.69, 9.17) is 5.11 Å². The van der Waals surface area contributed by atoms with Crippen LogP contribution >= 0.6 is 0 Å². The maximum absolute atomic E-state index is 12.3. The van der Waals surface area contributed by atoms with Crippen LogP contribution in [0.2, 0.25) is 0 Å². The lowest BCUT2D eigenvalue weighted by molar-refractivity contribution is -0.139. The van der Waals surface area contributed by atoms with Gasteiger partial charge in [-0.3, -0.25) is 4.79 Å². The van der Waals surface area contributed by atoms with Crippen molar-refractivity contribution in [2.45, 2.75) is 57.4 Å². The Morgan fingerprint density at radius 3 is 2.47 bits per heavy atom. The fourth-order valence-electron chi connectivity index (χ4n) is 2.70. The number of carboxylic acids is 1. The van der Waals surface area contributed by atoms with E-state index in [9.17, 15) is 9.59 Å². The number of carbonyl (C=O) groups is 2. The van der Waals surface area contributed by atoms with E-state index in [1.807, 2.05) is 4.90 Å². The third-order valence-electron chi connectivity index (χ3n) is 4.13. The van der Waals surface area contributed by atoms with Crippen molar-refractivity contribution in [1.29, 1.82) is 0 Å². The summed E-state index contributed by atoms with van der Waals surface area (Å²) in [4.78, 5) is 25.1. The topological polar surface area (TPSA) is 69.6 Å². The largest absolute Gasteiger partial charge is 0.481 e. The lowest BCUT2D eigenvalue weighted by Gasteiger charge is -2.42. The van der Waals surface area contributed by atoms with Crippen LogP contribution in [0.5, 0.6) is 0 Å². The van der Waals surface area contributed by atoms with Gasteiger partial charge in [0.05, 0.1) is 12.0 Å². The molecule has 19 heavy (non-hydrogen) atoms. The number of rotatable bonds is 7. The molecule has 0 atom stereocenters. The zero-order chi connectivity index (χ0) is 13.9. The lowest BCUT2D eigenvalue weighted by atomic mass is 9.74. The highest BCUT2D eigenvalue weighted by Gasteiger charge is 2.41. The van der Waals surface area contributed by atoms with Gasteiger partial charge in [0.15, 0.2) is 0 Å². The molecule has 2 aliphatic carbocycles. The van der Waals surface area contributed by atoms with Gasteiger partial charge in [0.1, 0.15) is 0 Å². The first kappa shape index (κ1) is 14.2. The van der Waals surface area contributed by atoms with Gasteiger partial charge in [-0.15, -0.1) is 0 Å². The Labute approximate surface area is 114 Å². The molecule has 2 rings (SSSR count). The van der Waals surface area contributed by atoms with Gasteiger partial charge in [-0.25, -0.2) is 4.79 Å². The maximum Gasteiger partial charge on any atom is 0.317 e. The van der Waals surface area contributed by atoms with E-state index in [2.05, 4.69) is 12.2 Å². The van der Waals surface area contributed by atoms with E-state index in [-0.39, 0.29) is 12.5 Å². The van der Waals surface area contributed by atoms with Crippen LogP contribution in [0, 0.1) is 5.92 Å². The van der Waals surface area contributed by atoms with E-state index < -0.39 is 11.5 Å². The minimum absolute atomic E-state index is 0.0438. The third-order valence-corrected chi connectivity index (χ3v) is 4.13. The standard InChI is InChI=1S/C14H24N2O3/c1-2-8-16(10-11-4-5-11)13(19)15-14(6-3-7-14)9-12(17)18/h11H,2-10H2,1H3,(H,15,19)(H,17,18). The number of urea groups is 1. The first-order valence-electron chi connectivity index (χ1n) is 7.33. The molecule has 0 bridgehead atoms. The highest BCUT2D eigenvalue weighted by Crippen LogP contribution is 2.35. The Kier molecular flexibility index (Phi) is 4.32. The van der Waals surface area contributed by atoms with Crippen molar-refractivity contribution in [3.05, 3.63) is 0 Å². The third kappa shape index (κ3) is 3.85. The number of carbonyl (C=O) groups excluding carboxylic acids is 1. The van der Waals surface area contributed by atoms with Crippen molar-refractivity contribution in [2.24, 2.45) is 5.92 Å². The van der Waals surface area contributed by atoms with Crippen LogP contribution in [0.4, 0.5) is 4.79 Å². The summed E-state index contributed by atoms with van der Waals surface area (Å²) in [5.41, 5.74) is -0.488. The molecular weight excluding hydrogens is 244 g/mol. The molecule has 0 aliphatic heterocycles. The number of hydrogen-bond acceptors (Lipinski definition) is 2. The summed E-state index contributed by atoms with van der Waals surface area (Å²) in [6.45, 7) is 3.64. The first-order valence-corrected chi connectivity index (χ1v) is 7.33. The second-order valence-electron chi connectivity index (χ2n) is 6.02. The zero-order valence-corrected chi connectivity index (χ0v) is 11.7. The fraction of sp³-hybridized carbons (Fsp3) is 0.857. The van der Waals surface area contributed by atoms with Crippen LogP contribution in [0.15, 0.2) is 0 Å². The molecule has 0 saturated heterocycles. The van der Waals surface area contributed by atoms with Crippen LogP contribution in [0.1, 0.15) is 51.9 Å². The van der Waals surface area contributed by atoms with Gasteiger partial charge in [0.2, 0.25) is 0 Å². The quantitative estimate of drug-likeness (QED) is 0.743. The smallest absolute Gasteiger partial charge is 0.317 e. The molecule has 0 aromatic heterocycles. The predicted molar refractivity (Wildman–Crippen MR) is 72.0 cm³/mol. The minimum atomic E-state index is -0.829. The number of amides is 2. The Morgan fingerprint density at radius 2 is 2.05 bits per heavy atom. The molecule has 0 unspecified atom stereocenters. The molecule has 0 spiro atoms. The van der Waals surface area contributed by atoms with Gasteiger partial charge in [-0.05, 0) is 44.4 Å². The second kappa shape index (κ2) is 5.80. The summed E-state index contributed by atoms with van der Waals surface area (Å²) < 4.78 is 0.